The van der Waals surface area contributed by atoms with Crippen LogP contribution in [0.2, 0.25) is 5.02 Å². The summed E-state index contributed by atoms with van der Waals surface area (Å²) in [5, 5.41) is 26.8. The zero-order chi connectivity index (χ0) is 36.3. The van der Waals surface area contributed by atoms with Crippen LogP contribution in [-0.4, -0.2) is 49.8 Å². The van der Waals surface area contributed by atoms with Crippen LogP contribution >= 0.6 is 11.6 Å². The molecule has 264 valence electrons. The number of carbonyl (C=O) groups excluding carboxylic acids is 3. The van der Waals surface area contributed by atoms with Gasteiger partial charge in [-0.1, -0.05) is 67.9 Å². The van der Waals surface area contributed by atoms with Crippen LogP contribution < -0.4 is 20.3 Å². The van der Waals surface area contributed by atoms with Gasteiger partial charge in [0.15, 0.2) is 5.78 Å². The molecule has 0 fully saturated rings. The number of hydrogen-bond acceptors (Lipinski definition) is 8. The number of ketones is 1. The summed E-state index contributed by atoms with van der Waals surface area (Å²) in [6.45, 7) is 4.26. The maximum atomic E-state index is 14.4. The highest BCUT2D eigenvalue weighted by Gasteiger charge is 2.44. The lowest BCUT2D eigenvalue weighted by Crippen LogP contribution is -2.43. The molecule has 1 unspecified atom stereocenters. The Morgan fingerprint density at radius 2 is 1.86 bits per heavy atom. The topological polar surface area (TPSA) is 174 Å². The highest BCUT2D eigenvalue weighted by Crippen LogP contribution is 2.51. The summed E-state index contributed by atoms with van der Waals surface area (Å²) in [6, 6.07) is 17.2. The van der Waals surface area contributed by atoms with Crippen LogP contribution in [0.3, 0.4) is 0 Å². The molecule has 2 amide bonds. The lowest BCUT2D eigenvalue weighted by Gasteiger charge is -2.37. The number of aromatic amines is 1. The van der Waals surface area contributed by atoms with Gasteiger partial charge in [0.1, 0.15) is 29.8 Å². The number of nitrogens with one attached hydrogen (secondary N) is 3. The minimum absolute atomic E-state index is 0.0273. The Bertz CT molecular complexity index is 1990. The van der Waals surface area contributed by atoms with E-state index in [2.05, 4.69) is 20.6 Å². The van der Waals surface area contributed by atoms with Gasteiger partial charge in [0.25, 0.3) is 0 Å². The zero-order valence-electron chi connectivity index (χ0n) is 28.1. The molecule has 12 nitrogen and oxygen atoms in total. The number of benzene rings is 3. The van der Waals surface area contributed by atoms with Gasteiger partial charge in [-0.3, -0.25) is 19.3 Å². The molecule has 6 rings (SSSR count). The van der Waals surface area contributed by atoms with E-state index in [0.29, 0.717) is 41.3 Å². The average Bonchev–Trinajstić information content (AvgIpc) is 3.55. The molecule has 0 saturated heterocycles. The highest BCUT2D eigenvalue weighted by atomic mass is 35.5. The molecular formula is C38H38ClN5O7. The van der Waals surface area contributed by atoms with E-state index in [1.165, 1.54) is 23.5 Å². The maximum absolute atomic E-state index is 14.4. The third-order valence-corrected chi connectivity index (χ3v) is 9.30. The van der Waals surface area contributed by atoms with Gasteiger partial charge in [0.2, 0.25) is 11.8 Å². The third kappa shape index (κ3) is 7.91. The molecule has 2 atom stereocenters. The van der Waals surface area contributed by atoms with Gasteiger partial charge >= 0.3 is 5.97 Å². The first-order valence-corrected chi connectivity index (χ1v) is 16.9. The highest BCUT2D eigenvalue weighted by molar-refractivity contribution is 6.31. The minimum Gasteiger partial charge on any atom is -0.506 e. The quantitative estimate of drug-likeness (QED) is 0.116. The average molecular weight is 712 g/mol. The number of phenolic OH excluding ortho intramolecular Hbond substituents is 1. The third-order valence-electron chi connectivity index (χ3n) is 8.97. The lowest BCUT2D eigenvalue weighted by molar-refractivity contribution is -0.141. The van der Waals surface area contributed by atoms with E-state index in [-0.39, 0.29) is 53.6 Å². The van der Waals surface area contributed by atoms with Gasteiger partial charge in [-0.05, 0) is 47.2 Å². The van der Waals surface area contributed by atoms with Crippen LogP contribution in [-0.2, 0) is 32.2 Å². The second kappa shape index (κ2) is 14.7. The molecule has 51 heavy (non-hydrogen) atoms. The normalized spacial score (nSPS) is 17.0. The number of ether oxygens (including phenoxy) is 1. The number of para-hydroxylation sites is 1. The van der Waals surface area contributed by atoms with Crippen molar-refractivity contribution in [1.82, 2.24) is 15.3 Å². The number of halogens is 1. The van der Waals surface area contributed by atoms with Crippen molar-refractivity contribution in [3.63, 3.8) is 0 Å². The van der Waals surface area contributed by atoms with Gasteiger partial charge in [-0.25, -0.2) is 9.78 Å². The number of amides is 2. The van der Waals surface area contributed by atoms with Crippen molar-refractivity contribution < 1.29 is 34.1 Å². The number of aromatic hydroxyl groups is 1. The SMILES string of the molecule is CC1(C)CC(=O)C2=C(C1)Nc1c(O)cccc1N(C(=O)CCC(=O)N[C@H](Cc1cnc[nH]1)C(=O)O)C2c1ccc(OCc2ccccc2)cc1Cl. The van der Waals surface area contributed by atoms with Crippen molar-refractivity contribution in [3.8, 4) is 11.5 Å². The van der Waals surface area contributed by atoms with Crippen molar-refractivity contribution in [2.75, 3.05) is 10.2 Å². The summed E-state index contributed by atoms with van der Waals surface area (Å²) in [4.78, 5) is 61.7. The molecule has 0 saturated carbocycles. The number of imidazole rings is 1. The van der Waals surface area contributed by atoms with E-state index in [0.717, 1.165) is 5.56 Å². The summed E-state index contributed by atoms with van der Waals surface area (Å²) in [5.74, 6) is -2.27. The largest absolute Gasteiger partial charge is 0.506 e. The van der Waals surface area contributed by atoms with E-state index >= 15 is 0 Å². The fourth-order valence-corrected chi connectivity index (χ4v) is 6.87. The van der Waals surface area contributed by atoms with Crippen LogP contribution in [0.4, 0.5) is 11.4 Å². The Kier molecular flexibility index (Phi) is 10.1. The molecule has 0 bridgehead atoms. The summed E-state index contributed by atoms with van der Waals surface area (Å²) in [7, 11) is 0. The molecule has 1 aliphatic heterocycles. The number of carboxylic acid groups (broad SMARTS) is 1. The van der Waals surface area contributed by atoms with Crippen molar-refractivity contribution in [1.29, 1.82) is 0 Å². The molecule has 2 aliphatic rings. The number of aromatic nitrogens is 2. The number of H-pyrrole nitrogens is 1. The number of rotatable bonds is 11. The maximum Gasteiger partial charge on any atom is 0.326 e. The van der Waals surface area contributed by atoms with Crippen LogP contribution in [0.15, 0.2) is 90.5 Å². The number of nitrogens with zero attached hydrogens (tertiary/aromatic N) is 2. The number of allylic oxidation sites excluding steroid dienone is 1. The summed E-state index contributed by atoms with van der Waals surface area (Å²) in [5.41, 5.74) is 2.93. The molecule has 2 heterocycles. The fraction of sp³-hybridized carbons (Fsp3) is 0.289. The smallest absolute Gasteiger partial charge is 0.326 e. The van der Waals surface area contributed by atoms with Crippen LogP contribution in [0.25, 0.3) is 0 Å². The first-order valence-electron chi connectivity index (χ1n) is 16.5. The number of anilines is 2. The number of aliphatic carboxylic acids is 1. The second-order valence-electron chi connectivity index (χ2n) is 13.5. The van der Waals surface area contributed by atoms with E-state index in [1.54, 1.807) is 30.3 Å². The van der Waals surface area contributed by atoms with Crippen molar-refractivity contribution in [2.45, 2.75) is 64.6 Å². The Hall–Kier alpha value is -5.62. The molecule has 0 spiro atoms. The van der Waals surface area contributed by atoms with Gasteiger partial charge in [-0.2, -0.15) is 0 Å². The molecule has 1 aliphatic carbocycles. The molecule has 0 radical (unpaired) electrons. The minimum atomic E-state index is -1.25. The fourth-order valence-electron chi connectivity index (χ4n) is 6.60. The molecule has 4 aromatic rings. The Morgan fingerprint density at radius 1 is 1.08 bits per heavy atom. The van der Waals surface area contributed by atoms with Gasteiger partial charge in [0.05, 0.1) is 18.1 Å². The number of phenols is 1. The lowest BCUT2D eigenvalue weighted by atomic mass is 9.73. The summed E-state index contributed by atoms with van der Waals surface area (Å²) in [6.07, 6.45) is 2.82. The van der Waals surface area contributed by atoms with E-state index in [9.17, 15) is 29.4 Å². The summed E-state index contributed by atoms with van der Waals surface area (Å²) < 4.78 is 6.01. The van der Waals surface area contributed by atoms with Gasteiger partial charge in [-0.15, -0.1) is 0 Å². The Labute approximate surface area is 299 Å². The molecule has 3 aromatic carbocycles. The Morgan fingerprint density at radius 3 is 2.57 bits per heavy atom. The zero-order valence-corrected chi connectivity index (χ0v) is 28.9. The van der Waals surface area contributed by atoms with Gasteiger partial charge < -0.3 is 30.6 Å². The van der Waals surface area contributed by atoms with Crippen LogP contribution in [0, 0.1) is 5.41 Å². The number of fused-ring (bicyclic) bond motifs is 1. The van der Waals surface area contributed by atoms with Crippen molar-refractivity contribution >= 4 is 46.5 Å². The van der Waals surface area contributed by atoms with Crippen molar-refractivity contribution in [2.24, 2.45) is 5.41 Å². The number of carbonyl (C=O) groups is 4. The molecule has 13 heteroatoms. The molecular weight excluding hydrogens is 674 g/mol. The van der Waals surface area contributed by atoms with Crippen LogP contribution in [0.1, 0.15) is 62.4 Å². The first kappa shape index (κ1) is 35.2. The van der Waals surface area contributed by atoms with Gasteiger partial charge in [0, 0.05) is 53.9 Å². The standard InChI is InChI=1S/C38H38ClN5O7/c1-38(2)17-28-34(31(46)18-38)36(25-12-11-24(16-26(25)39)51-20-22-7-4-3-5-8-22)44(29-9-6-10-30(45)35(29)43-28)33(48)14-13-32(47)42-27(37(49)50)15-23-19-40-21-41-23/h3-12,16,19,21,27,36,43,45H,13-15,17-18,20H2,1-2H3,(H,40,41)(H,42,47)(H,49,50)/t27-,36?/m1/s1. The number of carboxylic acids is 1. The summed E-state index contributed by atoms with van der Waals surface area (Å²) >= 11 is 6.99. The van der Waals surface area contributed by atoms with Crippen LogP contribution in [0.5, 0.6) is 11.5 Å². The van der Waals surface area contributed by atoms with Crippen molar-refractivity contribution in [3.05, 3.63) is 112 Å². The molecule has 5 N–H and O–H groups in total. The second-order valence-corrected chi connectivity index (χ2v) is 13.9. The predicted molar refractivity (Wildman–Crippen MR) is 190 cm³/mol. The molecule has 1 aromatic heterocycles. The monoisotopic (exact) mass is 711 g/mol. The Balaban J connectivity index is 1.36. The van der Waals surface area contributed by atoms with E-state index in [1.807, 2.05) is 44.2 Å². The van der Waals surface area contributed by atoms with E-state index < -0.39 is 35.3 Å². The predicted octanol–water partition coefficient (Wildman–Crippen LogP) is 6.08. The number of Topliss-reactive ketones (excluding diaryl/α,β-unsaturated/α-hetero) is 1. The number of hydrogen-bond donors (Lipinski definition) is 5. The van der Waals surface area contributed by atoms with E-state index in [4.69, 9.17) is 16.3 Å². The first-order chi connectivity index (χ1) is 24.4.